The maximum absolute atomic E-state index is 4.39. The Morgan fingerprint density at radius 2 is 1.77 bits per heavy atom. The smallest absolute Gasteiger partial charge is 0.159 e. The average Bonchev–Trinajstić information content (AvgIpc) is 3.04. The fraction of sp³-hybridized carbons (Fsp3) is 0.500. The van der Waals surface area contributed by atoms with Crippen LogP contribution in [-0.2, 0) is 6.42 Å². The zero-order chi connectivity index (χ0) is 16.0. The number of hydrogen-bond donors (Lipinski definition) is 1. The number of likely N-dealkylation sites (tertiary alicyclic amines) is 1. The van der Waals surface area contributed by atoms with Gasteiger partial charge in [0.05, 0.1) is 0 Å². The van der Waals surface area contributed by atoms with Crippen molar-refractivity contribution < 1.29 is 0 Å². The van der Waals surface area contributed by atoms with Gasteiger partial charge in [-0.1, -0.05) is 12.1 Å². The summed E-state index contributed by atoms with van der Waals surface area (Å²) in [7, 11) is 0. The van der Waals surface area contributed by atoms with Crippen LogP contribution in [0.25, 0.3) is 11.4 Å². The zero-order valence-electron chi connectivity index (χ0n) is 14.9. The summed E-state index contributed by atoms with van der Waals surface area (Å²) in [6.07, 6.45) is 8.79. The SMILES string of the molecule is Cl.Cl.c1cnc(-c2ccc3c(c2)CC[C@@H]3N2CC3(CCNCC3)C2)nc1. The molecule has 0 radical (unpaired) electrons. The molecular weight excluding hydrogens is 367 g/mol. The molecule has 0 saturated carbocycles. The summed E-state index contributed by atoms with van der Waals surface area (Å²) in [6.45, 7) is 5.00. The maximum atomic E-state index is 4.39. The van der Waals surface area contributed by atoms with E-state index in [1.165, 1.54) is 57.4 Å². The van der Waals surface area contributed by atoms with Crippen LogP contribution in [0.5, 0.6) is 0 Å². The van der Waals surface area contributed by atoms with Gasteiger partial charge in [-0.25, -0.2) is 9.97 Å². The van der Waals surface area contributed by atoms with Gasteiger partial charge in [-0.05, 0) is 67.4 Å². The first kappa shape index (κ1) is 19.6. The molecule has 6 heteroatoms. The van der Waals surface area contributed by atoms with Gasteiger partial charge in [0.1, 0.15) is 0 Å². The van der Waals surface area contributed by atoms with Crippen LogP contribution in [0.3, 0.4) is 0 Å². The molecule has 5 rings (SSSR count). The second-order valence-corrected chi connectivity index (χ2v) is 7.70. The quantitative estimate of drug-likeness (QED) is 0.846. The van der Waals surface area contributed by atoms with Gasteiger partial charge in [0.15, 0.2) is 5.82 Å². The third kappa shape index (κ3) is 3.36. The molecule has 1 N–H and O–H groups in total. The van der Waals surface area contributed by atoms with E-state index < -0.39 is 0 Å². The van der Waals surface area contributed by atoms with Crippen molar-refractivity contribution in [1.29, 1.82) is 0 Å². The normalized spacial score (nSPS) is 23.5. The Hall–Kier alpha value is -1.20. The standard InChI is InChI=1S/C20H24N4.2ClH/c1-8-22-19(23-9-1)16-2-4-17-15(12-16)3-5-18(17)24-13-20(14-24)6-10-21-11-7-20;;/h1-2,4,8-9,12,18,21H,3,5-7,10-11,13-14H2;2*1H/t18-;;/m0../s1. The number of benzene rings is 1. The van der Waals surface area contributed by atoms with Crippen LogP contribution in [-0.4, -0.2) is 41.0 Å². The van der Waals surface area contributed by atoms with Crippen molar-refractivity contribution in [2.45, 2.75) is 31.7 Å². The van der Waals surface area contributed by atoms with Crippen molar-refractivity contribution in [2.24, 2.45) is 5.41 Å². The molecule has 3 aliphatic rings. The Morgan fingerprint density at radius 1 is 1.04 bits per heavy atom. The van der Waals surface area contributed by atoms with E-state index in [-0.39, 0.29) is 24.8 Å². The molecule has 1 aromatic carbocycles. The van der Waals surface area contributed by atoms with E-state index in [0.717, 1.165) is 11.4 Å². The third-order valence-corrected chi connectivity index (χ3v) is 6.20. The van der Waals surface area contributed by atoms with E-state index in [1.54, 1.807) is 5.56 Å². The highest BCUT2D eigenvalue weighted by atomic mass is 35.5. The lowest BCUT2D eigenvalue weighted by atomic mass is 9.71. The van der Waals surface area contributed by atoms with Crippen LogP contribution in [0.15, 0.2) is 36.7 Å². The Kier molecular flexibility index (Phi) is 5.88. The Morgan fingerprint density at radius 3 is 2.50 bits per heavy atom. The summed E-state index contributed by atoms with van der Waals surface area (Å²) in [5, 5.41) is 3.50. The minimum atomic E-state index is 0. The highest BCUT2D eigenvalue weighted by Crippen LogP contribution is 2.47. The van der Waals surface area contributed by atoms with Gasteiger partial charge in [-0.15, -0.1) is 24.8 Å². The van der Waals surface area contributed by atoms with Gasteiger partial charge in [0.2, 0.25) is 0 Å². The molecule has 26 heavy (non-hydrogen) atoms. The highest BCUT2D eigenvalue weighted by molar-refractivity contribution is 5.85. The highest BCUT2D eigenvalue weighted by Gasteiger charge is 2.46. The molecule has 1 spiro atoms. The number of aromatic nitrogens is 2. The number of fused-ring (bicyclic) bond motifs is 1. The summed E-state index contributed by atoms with van der Waals surface area (Å²) in [5.41, 5.74) is 4.80. The van der Waals surface area contributed by atoms with E-state index in [2.05, 4.69) is 38.4 Å². The second kappa shape index (κ2) is 7.81. The van der Waals surface area contributed by atoms with Gasteiger partial charge in [0, 0.05) is 37.1 Å². The number of aryl methyl sites for hydroxylation is 1. The van der Waals surface area contributed by atoms with Crippen LogP contribution >= 0.6 is 24.8 Å². The summed E-state index contributed by atoms with van der Waals surface area (Å²) in [4.78, 5) is 11.5. The largest absolute Gasteiger partial charge is 0.317 e. The molecule has 3 heterocycles. The molecular formula is C20H26Cl2N4. The number of rotatable bonds is 2. The van der Waals surface area contributed by atoms with E-state index >= 15 is 0 Å². The topological polar surface area (TPSA) is 41.1 Å². The predicted molar refractivity (Wildman–Crippen MR) is 109 cm³/mol. The Balaban J connectivity index is 0.000000980. The minimum absolute atomic E-state index is 0. The van der Waals surface area contributed by atoms with Gasteiger partial charge >= 0.3 is 0 Å². The summed E-state index contributed by atoms with van der Waals surface area (Å²) >= 11 is 0. The molecule has 0 bridgehead atoms. The van der Waals surface area contributed by atoms with Crippen LogP contribution in [0.4, 0.5) is 0 Å². The molecule has 1 aromatic heterocycles. The first-order chi connectivity index (χ1) is 11.8. The molecule has 2 saturated heterocycles. The zero-order valence-corrected chi connectivity index (χ0v) is 16.5. The van der Waals surface area contributed by atoms with Crippen LogP contribution in [0.1, 0.15) is 36.4 Å². The summed E-state index contributed by atoms with van der Waals surface area (Å²) < 4.78 is 0. The minimum Gasteiger partial charge on any atom is -0.317 e. The van der Waals surface area contributed by atoms with Crippen molar-refractivity contribution in [3.8, 4) is 11.4 Å². The van der Waals surface area contributed by atoms with Gasteiger partial charge < -0.3 is 5.32 Å². The van der Waals surface area contributed by atoms with Gasteiger partial charge in [-0.3, -0.25) is 4.90 Å². The van der Waals surface area contributed by atoms with Gasteiger partial charge in [-0.2, -0.15) is 0 Å². The lowest BCUT2D eigenvalue weighted by Crippen LogP contribution is -2.60. The molecule has 2 fully saturated rings. The van der Waals surface area contributed by atoms with Crippen molar-refractivity contribution in [3.05, 3.63) is 47.8 Å². The predicted octanol–water partition coefficient (Wildman–Crippen LogP) is 3.66. The van der Waals surface area contributed by atoms with E-state index in [9.17, 15) is 0 Å². The first-order valence-electron chi connectivity index (χ1n) is 9.18. The van der Waals surface area contributed by atoms with Crippen molar-refractivity contribution in [1.82, 2.24) is 20.2 Å². The Bertz CT molecular complexity index is 739. The molecule has 2 aliphatic heterocycles. The van der Waals surface area contributed by atoms with Crippen LogP contribution in [0.2, 0.25) is 0 Å². The number of piperidine rings is 1. The fourth-order valence-electron chi connectivity index (χ4n) is 4.87. The third-order valence-electron chi connectivity index (χ3n) is 6.20. The average molecular weight is 393 g/mol. The molecule has 2 aromatic rings. The Labute approximate surface area is 167 Å². The van der Waals surface area contributed by atoms with Crippen molar-refractivity contribution >= 4 is 24.8 Å². The van der Waals surface area contributed by atoms with Gasteiger partial charge in [0.25, 0.3) is 0 Å². The first-order valence-corrected chi connectivity index (χ1v) is 9.18. The second-order valence-electron chi connectivity index (χ2n) is 7.70. The van der Waals surface area contributed by atoms with Crippen LogP contribution < -0.4 is 5.32 Å². The van der Waals surface area contributed by atoms with Crippen LogP contribution in [0, 0.1) is 5.41 Å². The van der Waals surface area contributed by atoms with E-state index in [0.29, 0.717) is 11.5 Å². The molecule has 1 atom stereocenters. The van der Waals surface area contributed by atoms with Crippen molar-refractivity contribution in [2.75, 3.05) is 26.2 Å². The summed E-state index contributed by atoms with van der Waals surface area (Å²) in [6, 6.07) is 9.34. The lowest BCUT2D eigenvalue weighted by Gasteiger charge is -2.55. The van der Waals surface area contributed by atoms with E-state index in [1.807, 2.05) is 18.5 Å². The van der Waals surface area contributed by atoms with Crippen molar-refractivity contribution in [3.63, 3.8) is 0 Å². The molecule has 1 aliphatic carbocycles. The number of hydrogen-bond acceptors (Lipinski definition) is 4. The number of halogens is 2. The maximum Gasteiger partial charge on any atom is 0.159 e. The molecule has 140 valence electrons. The molecule has 0 amide bonds. The number of nitrogens with zero attached hydrogens (tertiary/aromatic N) is 3. The molecule has 0 unspecified atom stereocenters. The number of nitrogens with one attached hydrogen (secondary N) is 1. The van der Waals surface area contributed by atoms with E-state index in [4.69, 9.17) is 0 Å². The molecule has 4 nitrogen and oxygen atoms in total. The lowest BCUT2D eigenvalue weighted by molar-refractivity contribution is -0.0512. The monoisotopic (exact) mass is 392 g/mol. The fourth-order valence-corrected chi connectivity index (χ4v) is 4.87. The summed E-state index contributed by atoms with van der Waals surface area (Å²) in [5.74, 6) is 0.835.